The average molecular weight is 559 g/mol. The molecule has 0 unspecified atom stereocenters. The number of halogens is 2. The van der Waals surface area contributed by atoms with Gasteiger partial charge in [0.1, 0.15) is 11.9 Å². The van der Waals surface area contributed by atoms with Gasteiger partial charge < -0.3 is 9.36 Å². The Hall–Kier alpha value is -2.73. The van der Waals surface area contributed by atoms with Gasteiger partial charge in [-0.2, -0.15) is 0 Å². The van der Waals surface area contributed by atoms with Crippen molar-refractivity contribution in [2.45, 2.75) is 19.3 Å². The van der Waals surface area contributed by atoms with E-state index < -0.39 is 17.3 Å². The molecule has 9 heteroatoms. The Morgan fingerprint density at radius 3 is 1.57 bits per heavy atom. The van der Waals surface area contributed by atoms with Gasteiger partial charge in [-0.1, -0.05) is 36.7 Å². The quantitative estimate of drug-likeness (QED) is 0.361. The van der Waals surface area contributed by atoms with Crippen LogP contribution in [0.1, 0.15) is 25.2 Å². The van der Waals surface area contributed by atoms with Crippen molar-refractivity contribution < 1.29 is 29.8 Å². The Bertz CT molecular complexity index is 1020. The van der Waals surface area contributed by atoms with E-state index in [-0.39, 0.29) is 21.1 Å². The summed E-state index contributed by atoms with van der Waals surface area (Å²) in [6, 6.07) is 13.1. The second-order valence-corrected chi connectivity index (χ2v) is 6.40. The van der Waals surface area contributed by atoms with Gasteiger partial charge in [-0.25, -0.2) is 10.2 Å². The third-order valence-corrected chi connectivity index (χ3v) is 4.19. The minimum absolute atomic E-state index is 0. The normalized spacial score (nSPS) is 11.3. The summed E-state index contributed by atoms with van der Waals surface area (Å²) in [6.45, 7) is 3.93. The zero-order valence-electron chi connectivity index (χ0n) is 14.9. The molecule has 4 rings (SSSR count). The summed E-state index contributed by atoms with van der Waals surface area (Å²) in [6.07, 6.45) is 5.35. The molecule has 0 radical (unpaired) electrons. The summed E-state index contributed by atoms with van der Waals surface area (Å²) in [5.41, 5.74) is 0.845. The Morgan fingerprint density at radius 2 is 1.21 bits per heavy atom. The molecule has 4 heterocycles. The van der Waals surface area contributed by atoms with E-state index in [4.69, 9.17) is 0 Å². The van der Waals surface area contributed by atoms with Crippen LogP contribution in [0.3, 0.4) is 0 Å². The Kier molecular flexibility index (Phi) is 5.51. The Balaban J connectivity index is 0.00000225. The first kappa shape index (κ1) is 20.0. The molecule has 0 aliphatic rings. The number of aromatic nitrogens is 6. The van der Waals surface area contributed by atoms with Crippen molar-refractivity contribution in [3.63, 3.8) is 0 Å². The molecule has 0 fully saturated rings. The minimum atomic E-state index is -0.626. The topological polar surface area (TPSA) is 61.4 Å². The first-order chi connectivity index (χ1) is 12.9. The summed E-state index contributed by atoms with van der Waals surface area (Å²) in [5, 5.41) is 7.40. The maximum Gasteiger partial charge on any atom is 2.00 e. The van der Waals surface area contributed by atoms with Gasteiger partial charge in [0.25, 0.3) is 0 Å². The largest absolute Gasteiger partial charge is 2.00 e. The van der Waals surface area contributed by atoms with E-state index in [1.54, 1.807) is 12.1 Å². The summed E-state index contributed by atoms with van der Waals surface area (Å²) >= 11 is 0. The fourth-order valence-corrected chi connectivity index (χ4v) is 2.68. The first-order valence-electron chi connectivity index (χ1n) is 8.16. The zero-order valence-corrected chi connectivity index (χ0v) is 17.1. The Morgan fingerprint density at radius 1 is 0.786 bits per heavy atom. The first-order valence-corrected chi connectivity index (χ1v) is 8.16. The molecule has 0 saturated heterocycles. The fourth-order valence-electron chi connectivity index (χ4n) is 2.68. The van der Waals surface area contributed by atoms with Crippen LogP contribution in [0.4, 0.5) is 8.78 Å². The number of hydrogen-bond donors (Lipinski definition) is 0. The summed E-state index contributed by atoms with van der Waals surface area (Å²) in [4.78, 5) is 9.17. The monoisotopic (exact) mass is 559 g/mol. The van der Waals surface area contributed by atoms with Gasteiger partial charge in [-0.05, 0) is 26.0 Å². The van der Waals surface area contributed by atoms with Gasteiger partial charge in [0.2, 0.25) is 0 Å². The van der Waals surface area contributed by atoms with Crippen LogP contribution in [0, 0.1) is 24.3 Å². The molecule has 0 atom stereocenters. The maximum absolute atomic E-state index is 13.2. The molecular formula is C19H14F2N6Pt. The van der Waals surface area contributed by atoms with E-state index in [1.807, 2.05) is 38.1 Å². The van der Waals surface area contributed by atoms with Crippen LogP contribution in [0.15, 0.2) is 48.5 Å². The van der Waals surface area contributed by atoms with Crippen LogP contribution in [0.5, 0.6) is 0 Å². The number of nitrogens with zero attached hydrogens (tertiary/aromatic N) is 6. The summed E-state index contributed by atoms with van der Waals surface area (Å²) < 4.78 is 28.9. The van der Waals surface area contributed by atoms with E-state index >= 15 is 0 Å². The molecule has 0 aliphatic carbocycles. The van der Waals surface area contributed by atoms with Crippen LogP contribution < -0.4 is 0 Å². The van der Waals surface area contributed by atoms with Crippen molar-refractivity contribution in [3.8, 4) is 11.6 Å². The van der Waals surface area contributed by atoms with Gasteiger partial charge >= 0.3 is 21.1 Å². The average Bonchev–Trinajstić information content (AvgIpc) is 3.30. The molecule has 0 saturated carbocycles. The molecule has 6 nitrogen and oxygen atoms in total. The maximum atomic E-state index is 13.2. The smallest absolute Gasteiger partial charge is 0.341 e. The minimum Gasteiger partial charge on any atom is -0.341 e. The zero-order chi connectivity index (χ0) is 19.0. The van der Waals surface area contributed by atoms with Crippen molar-refractivity contribution in [3.05, 3.63) is 84.2 Å². The molecule has 0 N–H and O–H groups in total. The molecule has 28 heavy (non-hydrogen) atoms. The van der Waals surface area contributed by atoms with Gasteiger partial charge in [0, 0.05) is 16.8 Å². The second-order valence-electron chi connectivity index (χ2n) is 6.40. The van der Waals surface area contributed by atoms with Crippen molar-refractivity contribution >= 4 is 0 Å². The standard InChI is InChI=1S/C19H14F2N6.Pt/c1-19(2,13-5-3-7-17(22-13)26-11-9-15(20)24-26)14-6-4-8-18(23-14)27-12-10-16(21)25-27;/h3-10H,1-2H3;/q-2;+2. The van der Waals surface area contributed by atoms with Gasteiger partial charge in [0.15, 0.2) is 0 Å². The van der Waals surface area contributed by atoms with Crippen molar-refractivity contribution in [2.75, 3.05) is 0 Å². The van der Waals surface area contributed by atoms with Crippen LogP contribution in [-0.2, 0) is 26.5 Å². The van der Waals surface area contributed by atoms with Crippen LogP contribution >= 0.6 is 0 Å². The molecule has 0 spiro atoms. The SMILES string of the molecule is CC(C)(c1cccc(-n2[c-]cc(F)n2)n1)c1cccc(-n2[c-]cc(F)n2)n1.[Pt+2]. The van der Waals surface area contributed by atoms with Crippen LogP contribution in [-0.4, -0.2) is 29.5 Å². The molecule has 4 aromatic rings. The van der Waals surface area contributed by atoms with E-state index in [2.05, 4.69) is 32.6 Å². The summed E-state index contributed by atoms with van der Waals surface area (Å²) in [7, 11) is 0. The fraction of sp³-hybridized carbons (Fsp3) is 0.158. The molecular weight excluding hydrogens is 545 g/mol. The third kappa shape index (κ3) is 3.78. The Labute approximate surface area is 174 Å². The predicted octanol–water partition coefficient (Wildman–Crippen LogP) is 3.05. The van der Waals surface area contributed by atoms with Crippen LogP contribution in [0.2, 0.25) is 0 Å². The van der Waals surface area contributed by atoms with E-state index in [9.17, 15) is 8.78 Å². The van der Waals surface area contributed by atoms with E-state index in [0.29, 0.717) is 23.0 Å². The molecule has 144 valence electrons. The van der Waals surface area contributed by atoms with Crippen molar-refractivity contribution in [2.24, 2.45) is 0 Å². The molecule has 4 aromatic heterocycles. The van der Waals surface area contributed by atoms with E-state index in [1.165, 1.54) is 9.36 Å². The van der Waals surface area contributed by atoms with Crippen molar-refractivity contribution in [1.29, 1.82) is 0 Å². The van der Waals surface area contributed by atoms with Gasteiger partial charge in [-0.3, -0.25) is 18.7 Å². The van der Waals surface area contributed by atoms with Gasteiger partial charge in [-0.15, -0.1) is 12.1 Å². The summed E-state index contributed by atoms with van der Waals surface area (Å²) in [5.74, 6) is -0.358. The van der Waals surface area contributed by atoms with Crippen molar-refractivity contribution in [1.82, 2.24) is 29.5 Å². The number of pyridine rings is 2. The number of hydrogen-bond acceptors (Lipinski definition) is 4. The molecule has 0 amide bonds. The van der Waals surface area contributed by atoms with Crippen LogP contribution in [0.25, 0.3) is 11.6 Å². The number of rotatable bonds is 4. The predicted molar refractivity (Wildman–Crippen MR) is 92.4 cm³/mol. The third-order valence-electron chi connectivity index (χ3n) is 4.19. The van der Waals surface area contributed by atoms with Gasteiger partial charge in [0.05, 0.1) is 11.6 Å². The molecule has 0 aromatic carbocycles. The molecule has 0 bridgehead atoms. The second kappa shape index (κ2) is 7.71. The molecule has 0 aliphatic heterocycles. The van der Waals surface area contributed by atoms with E-state index in [0.717, 1.165) is 12.1 Å².